The molecule has 0 radical (unpaired) electrons. The number of rotatable bonds is 8. The molecule has 2 aromatic carbocycles. The van der Waals surface area contributed by atoms with E-state index in [1.54, 1.807) is 43.1 Å². The van der Waals surface area contributed by atoms with Crippen LogP contribution in [0.2, 0.25) is 5.02 Å². The summed E-state index contributed by atoms with van der Waals surface area (Å²) < 4.78 is 5.97. The first-order valence-corrected chi connectivity index (χ1v) is 10.5. The summed E-state index contributed by atoms with van der Waals surface area (Å²) in [5, 5.41) is 0.611. The molecule has 144 valence electrons. The Kier molecular flexibility index (Phi) is 8.61. The van der Waals surface area contributed by atoms with Crippen molar-refractivity contribution in [2.45, 2.75) is 25.5 Å². The van der Waals surface area contributed by atoms with Crippen molar-refractivity contribution in [3.63, 3.8) is 0 Å². The maximum Gasteiger partial charge on any atom is 0.164 e. The zero-order chi connectivity index (χ0) is 19.8. The number of nitrogens with zero attached hydrogens (tertiary/aromatic N) is 1. The van der Waals surface area contributed by atoms with Gasteiger partial charge in [-0.3, -0.25) is 4.79 Å². The molecule has 0 fully saturated rings. The topological polar surface area (TPSA) is 29.5 Å². The highest BCUT2D eigenvalue weighted by atomic mass is 35.5. The molecule has 0 bridgehead atoms. The number of carbonyl (C=O) groups excluding carboxylic acids is 1. The molecule has 27 heavy (non-hydrogen) atoms. The van der Waals surface area contributed by atoms with E-state index in [2.05, 4.69) is 18.7 Å². The number of thioether (sulfide) groups is 1. The van der Waals surface area contributed by atoms with Crippen LogP contribution in [0.3, 0.4) is 0 Å². The van der Waals surface area contributed by atoms with Gasteiger partial charge in [0.25, 0.3) is 0 Å². The Labute approximate surface area is 176 Å². The Morgan fingerprint density at radius 3 is 2.22 bits per heavy atom. The van der Waals surface area contributed by atoms with Gasteiger partial charge in [0.2, 0.25) is 0 Å². The van der Waals surface area contributed by atoms with Crippen LogP contribution in [-0.4, -0.2) is 35.2 Å². The molecule has 0 aliphatic rings. The van der Waals surface area contributed by atoms with Crippen molar-refractivity contribution in [2.75, 3.05) is 20.2 Å². The first-order chi connectivity index (χ1) is 13.0. The van der Waals surface area contributed by atoms with Crippen molar-refractivity contribution >= 4 is 45.7 Å². The van der Waals surface area contributed by atoms with E-state index in [1.165, 1.54) is 0 Å². The molecule has 6 heteroatoms. The SMILES string of the molecule is CCN(CC)C(=S)SC(CC(=O)c1ccc(OC)cc1)c1ccc(Cl)cc1. The summed E-state index contributed by atoms with van der Waals surface area (Å²) in [6, 6.07) is 14.8. The smallest absolute Gasteiger partial charge is 0.164 e. The fourth-order valence-corrected chi connectivity index (χ4v) is 4.56. The molecule has 3 nitrogen and oxygen atoms in total. The zero-order valence-corrected chi connectivity index (χ0v) is 18.2. The molecular formula is C21H24ClNO2S2. The second kappa shape index (κ2) is 10.7. The van der Waals surface area contributed by atoms with E-state index < -0.39 is 0 Å². The van der Waals surface area contributed by atoms with Crippen LogP contribution < -0.4 is 4.74 Å². The highest BCUT2D eigenvalue weighted by molar-refractivity contribution is 8.23. The number of ether oxygens (including phenoxy) is 1. The molecule has 0 N–H and O–H groups in total. The molecule has 2 rings (SSSR count). The van der Waals surface area contributed by atoms with E-state index in [9.17, 15) is 4.79 Å². The van der Waals surface area contributed by atoms with Gasteiger partial charge < -0.3 is 9.64 Å². The van der Waals surface area contributed by atoms with Crippen LogP contribution in [0.4, 0.5) is 0 Å². The van der Waals surface area contributed by atoms with Crippen molar-refractivity contribution in [3.8, 4) is 5.75 Å². The van der Waals surface area contributed by atoms with Crippen LogP contribution in [0.1, 0.15) is 41.4 Å². The Balaban J connectivity index is 2.21. The lowest BCUT2D eigenvalue weighted by atomic mass is 10.0. The van der Waals surface area contributed by atoms with Crippen LogP contribution >= 0.6 is 35.6 Å². The molecule has 0 saturated heterocycles. The lowest BCUT2D eigenvalue weighted by molar-refractivity contribution is 0.0982. The number of benzene rings is 2. The van der Waals surface area contributed by atoms with Gasteiger partial charge in [-0.15, -0.1) is 0 Å². The van der Waals surface area contributed by atoms with E-state index in [0.29, 0.717) is 17.0 Å². The van der Waals surface area contributed by atoms with Gasteiger partial charge in [-0.25, -0.2) is 0 Å². The molecule has 0 saturated carbocycles. The number of thiocarbonyl (C=S) groups is 1. The van der Waals surface area contributed by atoms with Gasteiger partial charge >= 0.3 is 0 Å². The lowest BCUT2D eigenvalue weighted by Crippen LogP contribution is -2.27. The maximum atomic E-state index is 12.8. The standard InChI is InChI=1S/C21H24ClNO2S2/c1-4-23(5-2)21(26)27-20(16-6-10-17(22)11-7-16)14-19(24)15-8-12-18(25-3)13-9-15/h6-13,20H,4-5,14H2,1-3H3. The Hall–Kier alpha value is -1.56. The summed E-state index contributed by atoms with van der Waals surface area (Å²) >= 11 is 13.2. The summed E-state index contributed by atoms with van der Waals surface area (Å²) in [6.07, 6.45) is 0.361. The maximum absolute atomic E-state index is 12.8. The van der Waals surface area contributed by atoms with E-state index in [4.69, 9.17) is 28.6 Å². The summed E-state index contributed by atoms with van der Waals surface area (Å²) in [7, 11) is 1.61. The monoisotopic (exact) mass is 421 g/mol. The lowest BCUT2D eigenvalue weighted by Gasteiger charge is -2.25. The van der Waals surface area contributed by atoms with E-state index >= 15 is 0 Å². The summed E-state index contributed by atoms with van der Waals surface area (Å²) in [5.74, 6) is 0.810. The molecular weight excluding hydrogens is 398 g/mol. The third-order valence-corrected chi connectivity index (χ3v) is 6.27. The molecule has 0 amide bonds. The number of methoxy groups -OCH3 is 1. The number of halogens is 1. The second-order valence-corrected chi connectivity index (χ2v) is 8.23. The van der Waals surface area contributed by atoms with Gasteiger partial charge in [0.15, 0.2) is 5.78 Å². The predicted octanol–water partition coefficient (Wildman–Crippen LogP) is 6.02. The largest absolute Gasteiger partial charge is 0.497 e. The summed E-state index contributed by atoms with van der Waals surface area (Å²) in [4.78, 5) is 15.0. The summed E-state index contributed by atoms with van der Waals surface area (Å²) in [5.41, 5.74) is 1.71. The van der Waals surface area contributed by atoms with Gasteiger partial charge in [0, 0.05) is 35.3 Å². The number of carbonyl (C=O) groups is 1. The van der Waals surface area contributed by atoms with Gasteiger partial charge in [0.05, 0.1) is 7.11 Å². The second-order valence-electron chi connectivity index (χ2n) is 5.95. The van der Waals surface area contributed by atoms with E-state index in [1.807, 2.05) is 24.3 Å². The Morgan fingerprint density at radius 2 is 1.70 bits per heavy atom. The van der Waals surface area contributed by atoms with Gasteiger partial charge in [0.1, 0.15) is 10.1 Å². The predicted molar refractivity (Wildman–Crippen MR) is 119 cm³/mol. The number of hydrogen-bond acceptors (Lipinski definition) is 4. The first kappa shape index (κ1) is 21.7. The highest BCUT2D eigenvalue weighted by Gasteiger charge is 2.21. The summed E-state index contributed by atoms with van der Waals surface area (Å²) in [6.45, 7) is 5.86. The van der Waals surface area contributed by atoms with Gasteiger partial charge in [-0.05, 0) is 55.8 Å². The third kappa shape index (κ3) is 6.23. The minimum absolute atomic E-state index is 0.0648. The van der Waals surface area contributed by atoms with Crippen molar-refractivity contribution in [3.05, 3.63) is 64.7 Å². The van der Waals surface area contributed by atoms with Crippen molar-refractivity contribution in [1.29, 1.82) is 0 Å². The fraction of sp³-hybridized carbons (Fsp3) is 0.333. The van der Waals surface area contributed by atoms with Crippen molar-refractivity contribution < 1.29 is 9.53 Å². The number of Topliss-reactive ketones (excluding diaryl/α,β-unsaturated/α-hetero) is 1. The molecule has 2 aromatic rings. The van der Waals surface area contributed by atoms with Crippen molar-refractivity contribution in [2.24, 2.45) is 0 Å². The normalized spacial score (nSPS) is 11.7. The third-order valence-electron chi connectivity index (χ3n) is 4.29. The van der Waals surface area contributed by atoms with Crippen LogP contribution in [-0.2, 0) is 0 Å². The van der Waals surface area contributed by atoms with Crippen LogP contribution in [0.15, 0.2) is 48.5 Å². The molecule has 1 unspecified atom stereocenters. The van der Waals surface area contributed by atoms with Crippen molar-refractivity contribution in [1.82, 2.24) is 4.90 Å². The first-order valence-electron chi connectivity index (χ1n) is 8.86. The molecule has 0 aliphatic heterocycles. The van der Waals surface area contributed by atoms with Crippen LogP contribution in [0.5, 0.6) is 5.75 Å². The minimum Gasteiger partial charge on any atom is -0.497 e. The fourth-order valence-electron chi connectivity index (χ4n) is 2.65. The Morgan fingerprint density at radius 1 is 1.11 bits per heavy atom. The number of ketones is 1. The molecule has 0 aromatic heterocycles. The molecule has 0 heterocycles. The minimum atomic E-state index is -0.0648. The quantitative estimate of drug-likeness (QED) is 0.384. The average Bonchev–Trinajstić information content (AvgIpc) is 2.69. The number of hydrogen-bond donors (Lipinski definition) is 0. The average molecular weight is 422 g/mol. The molecule has 0 spiro atoms. The van der Waals surface area contributed by atoms with Crippen LogP contribution in [0.25, 0.3) is 0 Å². The molecule has 0 aliphatic carbocycles. The van der Waals surface area contributed by atoms with Gasteiger partial charge in [-0.1, -0.05) is 47.7 Å². The Bertz CT molecular complexity index is 759. The zero-order valence-electron chi connectivity index (χ0n) is 15.8. The van der Waals surface area contributed by atoms with Crippen LogP contribution in [0, 0.1) is 0 Å². The molecule has 1 atom stereocenters. The van der Waals surface area contributed by atoms with Gasteiger partial charge in [-0.2, -0.15) is 0 Å². The van der Waals surface area contributed by atoms with E-state index in [-0.39, 0.29) is 11.0 Å². The van der Waals surface area contributed by atoms with E-state index in [0.717, 1.165) is 28.7 Å². The highest BCUT2D eigenvalue weighted by Crippen LogP contribution is 2.36.